The summed E-state index contributed by atoms with van der Waals surface area (Å²) < 4.78 is 19.3. The molecule has 2 bridgehead atoms. The molecular formula is C26H39NO5. The summed E-state index contributed by atoms with van der Waals surface area (Å²) in [4.78, 5) is 14.5. The Bertz CT molecular complexity index is 798. The molecule has 4 saturated heterocycles. The molecular weight excluding hydrogens is 406 g/mol. The van der Waals surface area contributed by atoms with Gasteiger partial charge in [-0.25, -0.2) is 9.78 Å². The van der Waals surface area contributed by atoms with Crippen LogP contribution in [0.15, 0.2) is 24.3 Å². The van der Waals surface area contributed by atoms with E-state index in [0.717, 1.165) is 37.9 Å². The third-order valence-corrected chi connectivity index (χ3v) is 8.58. The zero-order valence-electron chi connectivity index (χ0n) is 20.2. The highest BCUT2D eigenvalue weighted by molar-refractivity contribution is 5.47. The molecule has 6 nitrogen and oxygen atoms in total. The minimum Gasteiger partial charge on any atom is -0.372 e. The predicted octanol–water partition coefficient (Wildman–Crippen LogP) is 5.26. The first-order valence-electron chi connectivity index (χ1n) is 12.6. The van der Waals surface area contributed by atoms with E-state index < -0.39 is 17.7 Å². The lowest BCUT2D eigenvalue weighted by Gasteiger charge is -2.60. The first kappa shape index (κ1) is 22.6. The van der Waals surface area contributed by atoms with Crippen molar-refractivity contribution in [3.05, 3.63) is 29.8 Å². The number of fused-ring (bicyclic) bond motifs is 2. The third-order valence-electron chi connectivity index (χ3n) is 8.58. The number of benzene rings is 1. The lowest BCUT2D eigenvalue weighted by Crippen LogP contribution is -2.70. The predicted molar refractivity (Wildman–Crippen MR) is 122 cm³/mol. The highest BCUT2D eigenvalue weighted by atomic mass is 17.3. The van der Waals surface area contributed by atoms with E-state index in [1.807, 2.05) is 6.92 Å². The quantitative estimate of drug-likeness (QED) is 0.557. The van der Waals surface area contributed by atoms with E-state index in [2.05, 4.69) is 56.9 Å². The summed E-state index contributed by atoms with van der Waals surface area (Å²) >= 11 is 0. The standard InChI is InChI=1S/C26H39NO5/c1-6-27(7-2)20-11-9-19(10-12-20)16-28-23-18(4)22-13-8-17(3)21-14-15-25(5)30-24(29-23)26(21,22)32-31-25/h9-12,17-18,21-24H,6-8,13-16H2,1-5H3/t17-,18-,21+,22+,23+,24-,25-,26-/m1/s1. The lowest BCUT2D eigenvalue weighted by molar-refractivity contribution is -0.577. The van der Waals surface area contributed by atoms with Crippen LogP contribution in [0.5, 0.6) is 0 Å². The van der Waals surface area contributed by atoms with Crippen molar-refractivity contribution in [1.29, 1.82) is 0 Å². The molecule has 6 rings (SSSR count). The van der Waals surface area contributed by atoms with E-state index in [1.165, 1.54) is 12.1 Å². The molecule has 1 spiro atoms. The van der Waals surface area contributed by atoms with Crippen molar-refractivity contribution in [2.24, 2.45) is 23.7 Å². The first-order valence-corrected chi connectivity index (χ1v) is 12.6. The average Bonchev–Trinajstić information content (AvgIpc) is 3.03. The molecule has 5 aliphatic rings. The lowest BCUT2D eigenvalue weighted by atomic mass is 9.58. The Morgan fingerprint density at radius 2 is 1.75 bits per heavy atom. The largest absolute Gasteiger partial charge is 0.372 e. The van der Waals surface area contributed by atoms with Crippen molar-refractivity contribution in [1.82, 2.24) is 0 Å². The molecule has 0 unspecified atom stereocenters. The molecule has 1 saturated carbocycles. The number of nitrogens with zero attached hydrogens (tertiary/aromatic N) is 1. The molecule has 0 amide bonds. The molecule has 0 aromatic heterocycles. The van der Waals surface area contributed by atoms with Crippen molar-refractivity contribution >= 4 is 5.69 Å². The Morgan fingerprint density at radius 3 is 2.47 bits per heavy atom. The zero-order chi connectivity index (χ0) is 22.5. The van der Waals surface area contributed by atoms with Gasteiger partial charge in [0.25, 0.3) is 0 Å². The van der Waals surface area contributed by atoms with Crippen LogP contribution >= 0.6 is 0 Å². The van der Waals surface area contributed by atoms with E-state index in [4.69, 9.17) is 24.0 Å². The molecule has 4 heterocycles. The molecule has 0 radical (unpaired) electrons. The second-order valence-corrected chi connectivity index (χ2v) is 10.4. The molecule has 8 atom stereocenters. The molecule has 178 valence electrons. The smallest absolute Gasteiger partial charge is 0.201 e. The second-order valence-electron chi connectivity index (χ2n) is 10.4. The van der Waals surface area contributed by atoms with Gasteiger partial charge in [0.05, 0.1) is 6.61 Å². The maximum atomic E-state index is 6.52. The minimum absolute atomic E-state index is 0.200. The van der Waals surface area contributed by atoms with Gasteiger partial charge < -0.3 is 19.1 Å². The molecule has 5 fully saturated rings. The highest BCUT2D eigenvalue weighted by Gasteiger charge is 2.69. The topological polar surface area (TPSA) is 49.4 Å². The van der Waals surface area contributed by atoms with Gasteiger partial charge in [-0.2, -0.15) is 0 Å². The number of anilines is 1. The normalized spacial score (nSPS) is 42.9. The van der Waals surface area contributed by atoms with Crippen molar-refractivity contribution < 1.29 is 24.0 Å². The molecule has 1 aromatic carbocycles. The maximum absolute atomic E-state index is 6.52. The summed E-state index contributed by atoms with van der Waals surface area (Å²) in [7, 11) is 0. The Hall–Kier alpha value is -1.18. The van der Waals surface area contributed by atoms with Gasteiger partial charge in [0.1, 0.15) is 0 Å². The Labute approximate surface area is 192 Å². The van der Waals surface area contributed by atoms with Gasteiger partial charge in [-0.05, 0) is 69.6 Å². The summed E-state index contributed by atoms with van der Waals surface area (Å²) in [6.45, 7) is 13.4. The SMILES string of the molecule is CCN(CC)c1ccc(CO[C@H]2O[C@@H]3O[C@@]4(C)CC[C@H]5[C@H](C)CC[C@@H]([C@H]2C)[C@@]35OO4)cc1. The van der Waals surface area contributed by atoms with Gasteiger partial charge in [-0.3, -0.25) is 0 Å². The number of hydrogen-bond acceptors (Lipinski definition) is 6. The molecule has 1 aromatic rings. The number of rotatable bonds is 6. The fourth-order valence-electron chi connectivity index (χ4n) is 6.63. The monoisotopic (exact) mass is 445 g/mol. The van der Waals surface area contributed by atoms with Crippen molar-refractivity contribution in [3.63, 3.8) is 0 Å². The van der Waals surface area contributed by atoms with Crippen molar-refractivity contribution in [2.45, 2.75) is 90.9 Å². The van der Waals surface area contributed by atoms with Gasteiger partial charge in [0, 0.05) is 37.0 Å². The summed E-state index contributed by atoms with van der Waals surface area (Å²) in [5, 5.41) is 0. The summed E-state index contributed by atoms with van der Waals surface area (Å²) in [5.74, 6) is 0.694. The van der Waals surface area contributed by atoms with Gasteiger partial charge in [-0.15, -0.1) is 0 Å². The van der Waals surface area contributed by atoms with Crippen LogP contribution in [-0.2, 0) is 30.6 Å². The third kappa shape index (κ3) is 3.59. The number of ether oxygens (including phenoxy) is 3. The van der Waals surface area contributed by atoms with E-state index in [9.17, 15) is 0 Å². The molecule has 32 heavy (non-hydrogen) atoms. The van der Waals surface area contributed by atoms with Gasteiger partial charge in [0.15, 0.2) is 18.2 Å². The first-order chi connectivity index (χ1) is 15.4. The van der Waals surface area contributed by atoms with Crippen molar-refractivity contribution in [3.8, 4) is 0 Å². The van der Waals surface area contributed by atoms with Crippen LogP contribution in [0.3, 0.4) is 0 Å². The summed E-state index contributed by atoms with van der Waals surface area (Å²) in [5.41, 5.74) is 1.87. The van der Waals surface area contributed by atoms with Crippen molar-refractivity contribution in [2.75, 3.05) is 18.0 Å². The minimum atomic E-state index is -0.747. The van der Waals surface area contributed by atoms with Crippen LogP contribution in [0.4, 0.5) is 5.69 Å². The highest BCUT2D eigenvalue weighted by Crippen LogP contribution is 2.60. The van der Waals surface area contributed by atoms with Gasteiger partial charge in [-0.1, -0.05) is 26.0 Å². The van der Waals surface area contributed by atoms with Gasteiger partial charge >= 0.3 is 0 Å². The second kappa shape index (κ2) is 8.55. The van der Waals surface area contributed by atoms with Gasteiger partial charge in [0.2, 0.25) is 5.79 Å². The summed E-state index contributed by atoms with van der Waals surface area (Å²) in [6.07, 6.45) is 3.39. The summed E-state index contributed by atoms with van der Waals surface area (Å²) in [6, 6.07) is 8.67. The van der Waals surface area contributed by atoms with E-state index in [-0.39, 0.29) is 12.2 Å². The van der Waals surface area contributed by atoms with Crippen LogP contribution in [-0.4, -0.2) is 37.1 Å². The van der Waals surface area contributed by atoms with Crippen LogP contribution in [0.25, 0.3) is 0 Å². The zero-order valence-corrected chi connectivity index (χ0v) is 20.2. The molecule has 6 heteroatoms. The molecule has 1 aliphatic carbocycles. The Balaban J connectivity index is 1.32. The fourth-order valence-corrected chi connectivity index (χ4v) is 6.63. The molecule has 0 N–H and O–H groups in total. The van der Waals surface area contributed by atoms with E-state index in [1.54, 1.807) is 0 Å². The van der Waals surface area contributed by atoms with Crippen LogP contribution < -0.4 is 4.90 Å². The van der Waals surface area contributed by atoms with Crippen LogP contribution in [0.1, 0.15) is 65.9 Å². The van der Waals surface area contributed by atoms with Crippen LogP contribution in [0, 0.1) is 23.7 Å². The maximum Gasteiger partial charge on any atom is 0.201 e. The molecule has 4 aliphatic heterocycles. The Kier molecular flexibility index (Phi) is 6.04. The van der Waals surface area contributed by atoms with Crippen LogP contribution in [0.2, 0.25) is 0 Å². The fraction of sp³-hybridized carbons (Fsp3) is 0.769. The van der Waals surface area contributed by atoms with E-state index >= 15 is 0 Å². The average molecular weight is 446 g/mol. The van der Waals surface area contributed by atoms with E-state index in [0.29, 0.717) is 24.4 Å². The number of hydrogen-bond donors (Lipinski definition) is 0. The Morgan fingerprint density at radius 1 is 1.00 bits per heavy atom.